The van der Waals surface area contributed by atoms with Crippen molar-refractivity contribution in [2.75, 3.05) is 37.5 Å². The van der Waals surface area contributed by atoms with Gasteiger partial charge in [-0.05, 0) is 49.9 Å². The quantitative estimate of drug-likeness (QED) is 0.554. The molecule has 1 amide bonds. The van der Waals surface area contributed by atoms with Crippen molar-refractivity contribution in [2.24, 2.45) is 0 Å². The number of aryl methyl sites for hydroxylation is 1. The summed E-state index contributed by atoms with van der Waals surface area (Å²) < 4.78 is 10.6. The zero-order chi connectivity index (χ0) is 22.0. The summed E-state index contributed by atoms with van der Waals surface area (Å²) >= 11 is 7.85. The number of aromatic nitrogens is 2. The van der Waals surface area contributed by atoms with Crippen LogP contribution in [0, 0.1) is 6.92 Å². The molecule has 2 aromatic heterocycles. The highest BCUT2D eigenvalue weighted by atomic mass is 35.5. The molecule has 0 saturated carbocycles. The van der Waals surface area contributed by atoms with Crippen LogP contribution < -0.4 is 15.0 Å². The van der Waals surface area contributed by atoms with Crippen LogP contribution in [0.2, 0.25) is 5.02 Å². The van der Waals surface area contributed by atoms with Gasteiger partial charge in [-0.3, -0.25) is 4.79 Å². The smallest absolute Gasteiger partial charge is 0.266 e. The predicted octanol–water partition coefficient (Wildman–Crippen LogP) is 5.05. The van der Waals surface area contributed by atoms with E-state index in [0.717, 1.165) is 29.7 Å². The number of rotatable bonds is 6. The predicted molar refractivity (Wildman–Crippen MR) is 125 cm³/mol. The number of benzene rings is 1. The molecule has 1 aliphatic rings. The second-order valence-corrected chi connectivity index (χ2v) is 8.89. The van der Waals surface area contributed by atoms with Crippen LogP contribution in [0.15, 0.2) is 18.2 Å². The van der Waals surface area contributed by atoms with Gasteiger partial charge < -0.3 is 19.7 Å². The Kier molecular flexibility index (Phi) is 6.60. The molecule has 9 heteroatoms. The normalized spacial score (nSPS) is 14.1. The maximum Gasteiger partial charge on any atom is 0.266 e. The summed E-state index contributed by atoms with van der Waals surface area (Å²) in [6.45, 7) is 4.18. The first-order chi connectivity index (χ1) is 15.0. The Balaban J connectivity index is 1.59. The molecule has 3 aromatic rings. The number of fused-ring (bicyclic) bond motifs is 1. The number of ether oxygens (including phenoxy) is 2. The molecule has 7 nitrogen and oxygen atoms in total. The van der Waals surface area contributed by atoms with Gasteiger partial charge in [-0.25, -0.2) is 4.98 Å². The molecule has 0 radical (unpaired) electrons. The lowest BCUT2D eigenvalue weighted by molar-refractivity contribution is 0.103. The van der Waals surface area contributed by atoms with Crippen molar-refractivity contribution in [3.05, 3.63) is 39.5 Å². The van der Waals surface area contributed by atoms with Gasteiger partial charge in [0, 0.05) is 25.9 Å². The van der Waals surface area contributed by atoms with E-state index in [-0.39, 0.29) is 12.5 Å². The molecule has 3 heterocycles. The molecule has 0 unspecified atom stereocenters. The number of carbonyl (C=O) groups is 1. The SMILES string of the molecule is COCc1nc(OC)c2c(C)c(C(=O)Nc3ccc(N4CCCCC4)c(Cl)c3)sc2n1. The maximum atomic E-state index is 13.0. The highest BCUT2D eigenvalue weighted by Crippen LogP contribution is 2.36. The third-order valence-electron chi connectivity index (χ3n) is 5.38. The number of methoxy groups -OCH3 is 2. The van der Waals surface area contributed by atoms with E-state index in [0.29, 0.717) is 32.1 Å². The molecular weight excluding hydrogens is 436 g/mol. The fourth-order valence-corrected chi connectivity index (χ4v) is 5.25. The standard InChI is InChI=1S/C22H25ClN4O3S/c1-13-18-21(30-3)25-17(12-29-2)26-22(18)31-19(13)20(28)24-14-7-8-16(15(23)11-14)27-9-5-4-6-10-27/h7-8,11H,4-6,9-10,12H2,1-3H3,(H,24,28). The van der Waals surface area contributed by atoms with Gasteiger partial charge in [-0.2, -0.15) is 4.98 Å². The van der Waals surface area contributed by atoms with Crippen molar-refractivity contribution in [2.45, 2.75) is 32.8 Å². The van der Waals surface area contributed by atoms with E-state index in [9.17, 15) is 4.79 Å². The van der Waals surface area contributed by atoms with Crippen molar-refractivity contribution in [3.63, 3.8) is 0 Å². The fourth-order valence-electron chi connectivity index (χ4n) is 3.87. The minimum Gasteiger partial charge on any atom is -0.480 e. The van der Waals surface area contributed by atoms with E-state index in [1.165, 1.54) is 30.6 Å². The minimum atomic E-state index is -0.211. The molecule has 4 rings (SSSR count). The van der Waals surface area contributed by atoms with Crippen LogP contribution in [0.1, 0.15) is 40.3 Å². The molecule has 0 aliphatic carbocycles. The van der Waals surface area contributed by atoms with E-state index < -0.39 is 0 Å². The summed E-state index contributed by atoms with van der Waals surface area (Å²) in [5.41, 5.74) is 2.46. The van der Waals surface area contributed by atoms with E-state index in [1.54, 1.807) is 14.2 Å². The second kappa shape index (κ2) is 9.38. The zero-order valence-corrected chi connectivity index (χ0v) is 19.4. The van der Waals surface area contributed by atoms with Gasteiger partial charge in [0.15, 0.2) is 5.82 Å². The highest BCUT2D eigenvalue weighted by Gasteiger charge is 2.22. The molecule has 31 heavy (non-hydrogen) atoms. The molecule has 1 aliphatic heterocycles. The maximum absolute atomic E-state index is 13.0. The summed E-state index contributed by atoms with van der Waals surface area (Å²) in [4.78, 5) is 25.5. The van der Waals surface area contributed by atoms with E-state index in [2.05, 4.69) is 20.2 Å². The van der Waals surface area contributed by atoms with Crippen LogP contribution in [0.4, 0.5) is 11.4 Å². The highest BCUT2D eigenvalue weighted by molar-refractivity contribution is 7.20. The van der Waals surface area contributed by atoms with E-state index in [4.69, 9.17) is 21.1 Å². The molecule has 1 saturated heterocycles. The Hall–Kier alpha value is -2.42. The number of hydrogen-bond donors (Lipinski definition) is 1. The summed E-state index contributed by atoms with van der Waals surface area (Å²) in [5, 5.41) is 4.35. The van der Waals surface area contributed by atoms with Crippen LogP contribution in [0.25, 0.3) is 10.2 Å². The van der Waals surface area contributed by atoms with Gasteiger partial charge >= 0.3 is 0 Å². The molecule has 0 bridgehead atoms. The summed E-state index contributed by atoms with van der Waals surface area (Å²) in [6, 6.07) is 5.68. The number of halogens is 1. The molecule has 1 N–H and O–H groups in total. The van der Waals surface area contributed by atoms with Gasteiger partial charge in [0.2, 0.25) is 5.88 Å². The van der Waals surface area contributed by atoms with Gasteiger partial charge in [-0.15, -0.1) is 11.3 Å². The van der Waals surface area contributed by atoms with Crippen LogP contribution in [-0.4, -0.2) is 43.2 Å². The van der Waals surface area contributed by atoms with Crippen LogP contribution in [0.3, 0.4) is 0 Å². The zero-order valence-electron chi connectivity index (χ0n) is 17.8. The van der Waals surface area contributed by atoms with Gasteiger partial charge in [0.1, 0.15) is 11.4 Å². The van der Waals surface area contributed by atoms with Gasteiger partial charge in [0.05, 0.1) is 28.1 Å². The van der Waals surface area contributed by atoms with Crippen molar-refractivity contribution in [1.82, 2.24) is 9.97 Å². The molecule has 1 aromatic carbocycles. The fraction of sp³-hybridized carbons (Fsp3) is 0.409. The lowest BCUT2D eigenvalue weighted by atomic mass is 10.1. The third kappa shape index (κ3) is 4.46. The topological polar surface area (TPSA) is 76.6 Å². The lowest BCUT2D eigenvalue weighted by Crippen LogP contribution is -2.29. The first-order valence-corrected chi connectivity index (χ1v) is 11.4. The van der Waals surface area contributed by atoms with Crippen LogP contribution in [-0.2, 0) is 11.3 Å². The molecular formula is C22H25ClN4O3S. The number of thiophene rings is 1. The molecule has 0 atom stereocenters. The average Bonchev–Trinajstić information content (AvgIpc) is 3.11. The minimum absolute atomic E-state index is 0.211. The lowest BCUT2D eigenvalue weighted by Gasteiger charge is -2.29. The Morgan fingerprint density at radius 2 is 2.00 bits per heavy atom. The van der Waals surface area contributed by atoms with E-state index in [1.807, 2.05) is 25.1 Å². The molecule has 0 spiro atoms. The number of hydrogen-bond acceptors (Lipinski definition) is 7. The molecule has 1 fully saturated rings. The summed E-state index contributed by atoms with van der Waals surface area (Å²) in [7, 11) is 3.14. The number of anilines is 2. The van der Waals surface area contributed by atoms with Crippen molar-refractivity contribution < 1.29 is 14.3 Å². The monoisotopic (exact) mass is 460 g/mol. The van der Waals surface area contributed by atoms with Crippen LogP contribution in [0.5, 0.6) is 5.88 Å². The van der Waals surface area contributed by atoms with E-state index >= 15 is 0 Å². The third-order valence-corrected chi connectivity index (χ3v) is 6.87. The number of piperidine rings is 1. The number of amides is 1. The number of nitrogens with zero attached hydrogens (tertiary/aromatic N) is 3. The van der Waals surface area contributed by atoms with Crippen molar-refractivity contribution in [3.8, 4) is 5.88 Å². The Bertz CT molecular complexity index is 1110. The Morgan fingerprint density at radius 1 is 1.23 bits per heavy atom. The molecule has 164 valence electrons. The Labute approximate surface area is 190 Å². The largest absolute Gasteiger partial charge is 0.480 e. The van der Waals surface area contributed by atoms with Gasteiger partial charge in [0.25, 0.3) is 5.91 Å². The first-order valence-electron chi connectivity index (χ1n) is 10.2. The van der Waals surface area contributed by atoms with Crippen molar-refractivity contribution in [1.29, 1.82) is 0 Å². The first kappa shape index (κ1) is 21.8. The number of carbonyl (C=O) groups excluding carboxylic acids is 1. The average molecular weight is 461 g/mol. The van der Waals surface area contributed by atoms with Crippen LogP contribution >= 0.6 is 22.9 Å². The second-order valence-electron chi connectivity index (χ2n) is 7.49. The number of nitrogens with one attached hydrogen (secondary N) is 1. The van der Waals surface area contributed by atoms with Crippen molar-refractivity contribution >= 4 is 50.4 Å². The Morgan fingerprint density at radius 3 is 2.68 bits per heavy atom. The summed E-state index contributed by atoms with van der Waals surface area (Å²) in [5.74, 6) is 0.747. The van der Waals surface area contributed by atoms with Gasteiger partial charge in [-0.1, -0.05) is 11.6 Å². The summed E-state index contributed by atoms with van der Waals surface area (Å²) in [6.07, 6.45) is 3.62.